The van der Waals surface area contributed by atoms with Gasteiger partial charge < -0.3 is 19.3 Å². The molecule has 0 aromatic heterocycles. The van der Waals surface area contributed by atoms with E-state index in [1.165, 1.54) is 77.0 Å². The van der Waals surface area contributed by atoms with Crippen molar-refractivity contribution in [3.05, 3.63) is 60.8 Å². The van der Waals surface area contributed by atoms with E-state index in [0.717, 1.165) is 83.5 Å². The van der Waals surface area contributed by atoms with Crippen LogP contribution in [0.5, 0.6) is 0 Å². The maximum absolute atomic E-state index is 12.4. The predicted molar refractivity (Wildman–Crippen MR) is 230 cm³/mol. The van der Waals surface area contributed by atoms with Crippen LogP contribution in [0, 0.1) is 0 Å². The van der Waals surface area contributed by atoms with E-state index in [1.807, 2.05) is 0 Å². The van der Waals surface area contributed by atoms with Gasteiger partial charge >= 0.3 is 19.8 Å². The summed E-state index contributed by atoms with van der Waals surface area (Å²) in [6.45, 7) is 3.56. The molecule has 1 unspecified atom stereocenters. The van der Waals surface area contributed by atoms with Crippen molar-refractivity contribution < 1.29 is 37.9 Å². The number of esters is 2. The standard InChI is InChI=1S/C46H81O8P/c1-3-5-7-9-11-13-15-17-19-20-21-22-23-24-25-26-27-29-31-33-35-37-39-41-46(48)54-44(43-53-55(49,50)51)42-52-45(47)40-38-36-34-32-30-28-18-16-14-12-10-8-6-4-2/h5,7,11,13,16-19,21-22,44H,3-4,6,8-10,12,14-15,20,23-43H2,1-2H3,(H2,49,50,51)/b7-5-,13-11-,18-16-,19-17-,22-21-. The van der Waals surface area contributed by atoms with Crippen molar-refractivity contribution in [3.8, 4) is 0 Å². The number of hydrogen-bond donors (Lipinski definition) is 2. The summed E-state index contributed by atoms with van der Waals surface area (Å²) < 4.78 is 26.4. The van der Waals surface area contributed by atoms with Crippen LogP contribution < -0.4 is 0 Å². The summed E-state index contributed by atoms with van der Waals surface area (Å²) in [7, 11) is -4.76. The molecule has 0 aromatic carbocycles. The first-order valence-corrected chi connectivity index (χ1v) is 23.6. The number of ether oxygens (including phenoxy) is 2. The van der Waals surface area contributed by atoms with Crippen LogP contribution in [0.2, 0.25) is 0 Å². The van der Waals surface area contributed by atoms with Crippen LogP contribution in [0.25, 0.3) is 0 Å². The Morgan fingerprint density at radius 1 is 0.491 bits per heavy atom. The van der Waals surface area contributed by atoms with Gasteiger partial charge in [0.1, 0.15) is 6.61 Å². The number of hydrogen-bond acceptors (Lipinski definition) is 6. The molecule has 0 amide bonds. The highest BCUT2D eigenvalue weighted by atomic mass is 31.2. The van der Waals surface area contributed by atoms with Crippen molar-refractivity contribution >= 4 is 19.8 Å². The van der Waals surface area contributed by atoms with Crippen LogP contribution in [-0.4, -0.2) is 41.0 Å². The molecule has 0 fully saturated rings. The van der Waals surface area contributed by atoms with Crippen molar-refractivity contribution in [1.82, 2.24) is 0 Å². The molecular formula is C46H81O8P. The Hall–Kier alpha value is -2.25. The Morgan fingerprint density at radius 2 is 0.873 bits per heavy atom. The van der Waals surface area contributed by atoms with E-state index in [-0.39, 0.29) is 19.4 Å². The zero-order valence-corrected chi connectivity index (χ0v) is 36.0. The van der Waals surface area contributed by atoms with Gasteiger partial charge in [0.25, 0.3) is 0 Å². The molecule has 0 heterocycles. The first-order valence-electron chi connectivity index (χ1n) is 22.1. The fourth-order valence-corrected chi connectivity index (χ4v) is 6.37. The minimum atomic E-state index is -4.76. The van der Waals surface area contributed by atoms with E-state index in [2.05, 4.69) is 79.1 Å². The second kappa shape index (κ2) is 41.4. The lowest BCUT2D eigenvalue weighted by Gasteiger charge is -2.18. The fraction of sp³-hybridized carbons (Fsp3) is 0.739. The summed E-state index contributed by atoms with van der Waals surface area (Å²) in [6.07, 6.45) is 52.3. The molecule has 1 atom stereocenters. The van der Waals surface area contributed by atoms with E-state index in [0.29, 0.717) is 12.8 Å². The molecule has 0 aliphatic carbocycles. The molecule has 0 saturated carbocycles. The van der Waals surface area contributed by atoms with Crippen molar-refractivity contribution in [2.75, 3.05) is 13.2 Å². The predicted octanol–water partition coefficient (Wildman–Crippen LogP) is 13.7. The second-order valence-corrected chi connectivity index (χ2v) is 15.9. The third kappa shape index (κ3) is 44.3. The van der Waals surface area contributed by atoms with Crippen molar-refractivity contribution in [1.29, 1.82) is 0 Å². The molecular weight excluding hydrogens is 711 g/mol. The summed E-state index contributed by atoms with van der Waals surface area (Å²) in [5.41, 5.74) is 0. The molecule has 0 aromatic rings. The highest BCUT2D eigenvalue weighted by Gasteiger charge is 2.22. The first kappa shape index (κ1) is 52.8. The van der Waals surface area contributed by atoms with Gasteiger partial charge in [0.15, 0.2) is 6.10 Å². The molecule has 55 heavy (non-hydrogen) atoms. The molecule has 0 bridgehead atoms. The van der Waals surface area contributed by atoms with E-state index in [4.69, 9.17) is 19.3 Å². The van der Waals surface area contributed by atoms with Crippen molar-refractivity contribution in [2.45, 2.75) is 206 Å². The fourth-order valence-electron chi connectivity index (χ4n) is 6.01. The SMILES string of the molecule is CC/C=C\C/C=C\C/C=C\C/C=C\CCCCCCCCCCCCC(=O)OC(COC(=O)CCCCCCC/C=C\CCCCCCC)COP(=O)(O)O. The summed E-state index contributed by atoms with van der Waals surface area (Å²) in [4.78, 5) is 42.9. The van der Waals surface area contributed by atoms with Gasteiger partial charge in [-0.3, -0.25) is 14.1 Å². The van der Waals surface area contributed by atoms with Crippen LogP contribution in [0.4, 0.5) is 0 Å². The van der Waals surface area contributed by atoms with Crippen LogP contribution in [0.1, 0.15) is 200 Å². The van der Waals surface area contributed by atoms with Gasteiger partial charge in [-0.2, -0.15) is 0 Å². The number of carbonyl (C=O) groups excluding carboxylic acids is 2. The third-order valence-corrected chi connectivity index (χ3v) is 9.76. The Morgan fingerprint density at radius 3 is 1.33 bits per heavy atom. The van der Waals surface area contributed by atoms with E-state index in [9.17, 15) is 14.2 Å². The summed E-state index contributed by atoms with van der Waals surface area (Å²) in [6, 6.07) is 0. The molecule has 9 heteroatoms. The van der Waals surface area contributed by atoms with Crippen LogP contribution in [0.15, 0.2) is 60.8 Å². The van der Waals surface area contributed by atoms with Crippen molar-refractivity contribution in [3.63, 3.8) is 0 Å². The lowest BCUT2D eigenvalue weighted by atomic mass is 10.0. The van der Waals surface area contributed by atoms with Crippen LogP contribution in [-0.2, 0) is 28.2 Å². The van der Waals surface area contributed by atoms with E-state index >= 15 is 0 Å². The quantitative estimate of drug-likeness (QED) is 0.0272. The minimum absolute atomic E-state index is 0.203. The highest BCUT2D eigenvalue weighted by Crippen LogP contribution is 2.36. The average Bonchev–Trinajstić information content (AvgIpc) is 3.16. The van der Waals surface area contributed by atoms with Crippen LogP contribution in [0.3, 0.4) is 0 Å². The monoisotopic (exact) mass is 793 g/mol. The molecule has 0 spiro atoms. The van der Waals surface area contributed by atoms with Gasteiger partial charge in [-0.05, 0) is 77.0 Å². The third-order valence-electron chi connectivity index (χ3n) is 9.27. The topological polar surface area (TPSA) is 119 Å². The number of phosphoric acid groups is 1. The van der Waals surface area contributed by atoms with Gasteiger partial charge in [-0.15, -0.1) is 0 Å². The van der Waals surface area contributed by atoms with Gasteiger partial charge in [0, 0.05) is 12.8 Å². The van der Waals surface area contributed by atoms with E-state index in [1.54, 1.807) is 0 Å². The van der Waals surface area contributed by atoms with Crippen LogP contribution >= 0.6 is 7.82 Å². The first-order chi connectivity index (χ1) is 26.8. The number of carbonyl (C=O) groups is 2. The zero-order valence-electron chi connectivity index (χ0n) is 35.1. The summed E-state index contributed by atoms with van der Waals surface area (Å²) >= 11 is 0. The Kier molecular flexibility index (Phi) is 39.7. The Labute approximate surface area is 337 Å². The Balaban J connectivity index is 3.89. The van der Waals surface area contributed by atoms with Crippen molar-refractivity contribution in [2.24, 2.45) is 0 Å². The molecule has 0 radical (unpaired) electrons. The molecule has 318 valence electrons. The van der Waals surface area contributed by atoms with Gasteiger partial charge in [0.05, 0.1) is 6.61 Å². The number of rotatable bonds is 40. The summed E-state index contributed by atoms with van der Waals surface area (Å²) in [5, 5.41) is 0. The number of phosphoric ester groups is 1. The smallest absolute Gasteiger partial charge is 0.462 e. The second-order valence-electron chi connectivity index (χ2n) is 14.6. The number of unbranched alkanes of at least 4 members (excludes halogenated alkanes) is 20. The molecule has 0 aliphatic heterocycles. The highest BCUT2D eigenvalue weighted by molar-refractivity contribution is 7.46. The number of allylic oxidation sites excluding steroid dienone is 10. The largest absolute Gasteiger partial charge is 0.469 e. The lowest BCUT2D eigenvalue weighted by molar-refractivity contribution is -0.161. The maximum Gasteiger partial charge on any atom is 0.469 e. The summed E-state index contributed by atoms with van der Waals surface area (Å²) in [5.74, 6) is -0.900. The average molecular weight is 793 g/mol. The molecule has 8 nitrogen and oxygen atoms in total. The molecule has 2 N–H and O–H groups in total. The minimum Gasteiger partial charge on any atom is -0.462 e. The lowest BCUT2D eigenvalue weighted by Crippen LogP contribution is -2.29. The normalized spacial score (nSPS) is 13.0. The van der Waals surface area contributed by atoms with Gasteiger partial charge in [0.2, 0.25) is 0 Å². The molecule has 0 saturated heterocycles. The van der Waals surface area contributed by atoms with Gasteiger partial charge in [-0.25, -0.2) is 4.57 Å². The molecule has 0 rings (SSSR count). The maximum atomic E-state index is 12.4. The van der Waals surface area contributed by atoms with Gasteiger partial charge in [-0.1, -0.05) is 171 Å². The van der Waals surface area contributed by atoms with E-state index < -0.39 is 32.5 Å². The Bertz CT molecular complexity index is 1070. The zero-order chi connectivity index (χ0) is 40.3. The molecule has 0 aliphatic rings.